The molecule has 0 spiro atoms. The fourth-order valence-electron chi connectivity index (χ4n) is 2.50. The van der Waals surface area contributed by atoms with Gasteiger partial charge in [-0.25, -0.2) is 4.39 Å². The smallest absolute Gasteiger partial charge is 0.261 e. The molecule has 144 valence electrons. The van der Waals surface area contributed by atoms with Gasteiger partial charge >= 0.3 is 0 Å². The molecule has 0 saturated carbocycles. The van der Waals surface area contributed by atoms with Gasteiger partial charge in [-0.1, -0.05) is 41.9 Å². The number of carbonyl (C=O) groups excluding carboxylic acids is 2. The maximum absolute atomic E-state index is 14.0. The van der Waals surface area contributed by atoms with Gasteiger partial charge in [-0.2, -0.15) is 0 Å². The Balaban J connectivity index is 2.17. The molecule has 7 heteroatoms. The summed E-state index contributed by atoms with van der Waals surface area (Å²) in [6, 6.07) is 12.1. The molecule has 0 heterocycles. The van der Waals surface area contributed by atoms with Crippen LogP contribution in [0, 0.1) is 5.82 Å². The lowest BCUT2D eigenvalue weighted by molar-refractivity contribution is -0.142. The van der Waals surface area contributed by atoms with E-state index in [9.17, 15) is 14.0 Å². The summed E-state index contributed by atoms with van der Waals surface area (Å²) in [5, 5.41) is 3.05. The number of amides is 2. The Morgan fingerprint density at radius 3 is 2.52 bits per heavy atom. The molecule has 0 radical (unpaired) electrons. The predicted molar refractivity (Wildman–Crippen MR) is 102 cm³/mol. The van der Waals surface area contributed by atoms with Crippen LogP contribution >= 0.6 is 11.6 Å². The molecule has 2 aromatic carbocycles. The molecule has 0 bridgehead atoms. The normalized spacial score (nSPS) is 11.6. The van der Waals surface area contributed by atoms with Crippen molar-refractivity contribution in [2.45, 2.75) is 26.4 Å². The first-order valence-corrected chi connectivity index (χ1v) is 8.99. The highest BCUT2D eigenvalue weighted by molar-refractivity contribution is 6.32. The third-order valence-corrected chi connectivity index (χ3v) is 4.32. The molecule has 2 amide bonds. The van der Waals surface area contributed by atoms with Crippen molar-refractivity contribution >= 4 is 23.4 Å². The molecule has 2 rings (SSSR count). The minimum absolute atomic E-state index is 0.0459. The summed E-state index contributed by atoms with van der Waals surface area (Å²) < 4.78 is 19.5. The van der Waals surface area contributed by atoms with E-state index in [2.05, 4.69) is 5.32 Å². The lowest BCUT2D eigenvalue weighted by Crippen LogP contribution is -2.49. The van der Waals surface area contributed by atoms with Crippen LogP contribution in [0.25, 0.3) is 0 Å². The molecule has 0 aliphatic rings. The van der Waals surface area contributed by atoms with E-state index in [1.54, 1.807) is 56.3 Å². The van der Waals surface area contributed by atoms with E-state index in [4.69, 9.17) is 16.3 Å². The zero-order valence-corrected chi connectivity index (χ0v) is 16.0. The lowest BCUT2D eigenvalue weighted by Gasteiger charge is -2.28. The summed E-state index contributed by atoms with van der Waals surface area (Å²) in [5.74, 6) is -0.841. The van der Waals surface area contributed by atoms with Crippen LogP contribution in [0.4, 0.5) is 4.39 Å². The van der Waals surface area contributed by atoms with E-state index in [-0.39, 0.29) is 19.1 Å². The van der Waals surface area contributed by atoms with Crippen LogP contribution in [0.15, 0.2) is 48.5 Å². The SMILES string of the molecule is CCNC(=O)[C@H](C)N(Cc1ccccc1F)C(=O)COc1ccccc1Cl. The van der Waals surface area contributed by atoms with Crippen molar-refractivity contribution in [1.82, 2.24) is 10.2 Å². The van der Waals surface area contributed by atoms with Gasteiger partial charge in [0.2, 0.25) is 5.91 Å². The monoisotopic (exact) mass is 392 g/mol. The number of rotatable bonds is 8. The summed E-state index contributed by atoms with van der Waals surface area (Å²) in [6.07, 6.45) is 0. The summed E-state index contributed by atoms with van der Waals surface area (Å²) in [7, 11) is 0. The van der Waals surface area contributed by atoms with Crippen LogP contribution in [0.1, 0.15) is 19.4 Å². The number of nitrogens with zero attached hydrogens (tertiary/aromatic N) is 1. The molecular weight excluding hydrogens is 371 g/mol. The van der Waals surface area contributed by atoms with Crippen molar-refractivity contribution in [2.24, 2.45) is 0 Å². The second kappa shape index (κ2) is 9.92. The van der Waals surface area contributed by atoms with Crippen molar-refractivity contribution in [3.05, 3.63) is 64.9 Å². The molecule has 0 aliphatic carbocycles. The zero-order chi connectivity index (χ0) is 19.8. The van der Waals surface area contributed by atoms with E-state index < -0.39 is 17.8 Å². The van der Waals surface area contributed by atoms with E-state index in [1.807, 2.05) is 0 Å². The molecule has 1 atom stereocenters. The van der Waals surface area contributed by atoms with E-state index in [0.717, 1.165) is 0 Å². The standard InChI is InChI=1S/C20H22ClFN2O3/c1-3-23-20(26)14(2)24(12-15-8-4-6-10-17(15)22)19(25)13-27-18-11-7-5-9-16(18)21/h4-11,14H,3,12-13H2,1-2H3,(H,23,26)/t14-/m0/s1. The van der Waals surface area contributed by atoms with Gasteiger partial charge in [0, 0.05) is 18.7 Å². The summed E-state index contributed by atoms with van der Waals surface area (Å²) in [5.41, 5.74) is 0.319. The first kappa shape index (κ1) is 20.7. The highest BCUT2D eigenvalue weighted by Gasteiger charge is 2.27. The van der Waals surface area contributed by atoms with Crippen molar-refractivity contribution in [3.8, 4) is 5.75 Å². The molecule has 0 aromatic heterocycles. The summed E-state index contributed by atoms with van der Waals surface area (Å²) in [4.78, 5) is 26.3. The van der Waals surface area contributed by atoms with E-state index >= 15 is 0 Å². The molecule has 5 nitrogen and oxygen atoms in total. The van der Waals surface area contributed by atoms with Crippen LogP contribution in [0.2, 0.25) is 5.02 Å². The maximum atomic E-state index is 14.0. The summed E-state index contributed by atoms with van der Waals surface area (Å²) >= 11 is 6.03. The number of ether oxygens (including phenoxy) is 1. The lowest BCUT2D eigenvalue weighted by atomic mass is 10.1. The zero-order valence-electron chi connectivity index (χ0n) is 15.2. The van der Waals surface area contributed by atoms with Crippen LogP contribution in [-0.4, -0.2) is 35.9 Å². The van der Waals surface area contributed by atoms with Crippen LogP contribution in [0.5, 0.6) is 5.75 Å². The third-order valence-electron chi connectivity index (χ3n) is 4.00. The number of hydrogen-bond acceptors (Lipinski definition) is 3. The largest absolute Gasteiger partial charge is 0.482 e. The number of nitrogens with one attached hydrogen (secondary N) is 1. The average Bonchev–Trinajstić information content (AvgIpc) is 2.66. The molecule has 0 aliphatic heterocycles. The van der Waals surface area contributed by atoms with Crippen molar-refractivity contribution < 1.29 is 18.7 Å². The van der Waals surface area contributed by atoms with Crippen molar-refractivity contribution in [2.75, 3.05) is 13.2 Å². The topological polar surface area (TPSA) is 58.6 Å². The van der Waals surface area contributed by atoms with Gasteiger partial charge in [0.1, 0.15) is 17.6 Å². The van der Waals surface area contributed by atoms with Gasteiger partial charge in [0.05, 0.1) is 5.02 Å². The Bertz CT molecular complexity index is 800. The van der Waals surface area contributed by atoms with Crippen molar-refractivity contribution in [3.63, 3.8) is 0 Å². The average molecular weight is 393 g/mol. The first-order valence-electron chi connectivity index (χ1n) is 8.62. The minimum Gasteiger partial charge on any atom is -0.482 e. The molecule has 27 heavy (non-hydrogen) atoms. The molecule has 1 N–H and O–H groups in total. The summed E-state index contributed by atoms with van der Waals surface area (Å²) in [6.45, 7) is 3.45. The number of carbonyl (C=O) groups is 2. The maximum Gasteiger partial charge on any atom is 0.261 e. The first-order chi connectivity index (χ1) is 12.9. The number of hydrogen-bond donors (Lipinski definition) is 1. The quantitative estimate of drug-likeness (QED) is 0.749. The second-order valence-electron chi connectivity index (χ2n) is 5.90. The molecule has 0 saturated heterocycles. The molecule has 2 aromatic rings. The highest BCUT2D eigenvalue weighted by atomic mass is 35.5. The van der Waals surface area contributed by atoms with E-state index in [0.29, 0.717) is 22.9 Å². The molecular formula is C20H22ClFN2O3. The Hall–Kier alpha value is -2.60. The predicted octanol–water partition coefficient (Wildman–Crippen LogP) is 3.41. The number of benzene rings is 2. The second-order valence-corrected chi connectivity index (χ2v) is 6.31. The number of likely N-dealkylation sites (N-methyl/N-ethyl adjacent to an activating group) is 1. The minimum atomic E-state index is -0.785. The van der Waals surface area contributed by atoms with Gasteiger partial charge in [-0.15, -0.1) is 0 Å². The number of para-hydroxylation sites is 1. The van der Waals surface area contributed by atoms with Crippen LogP contribution in [0.3, 0.4) is 0 Å². The van der Waals surface area contributed by atoms with Gasteiger partial charge < -0.3 is 15.0 Å². The molecule has 0 fully saturated rings. The molecule has 0 unspecified atom stereocenters. The third kappa shape index (κ3) is 5.69. The van der Waals surface area contributed by atoms with Gasteiger partial charge in [-0.3, -0.25) is 9.59 Å². The Labute approximate surface area is 163 Å². The van der Waals surface area contributed by atoms with Gasteiger partial charge in [0.25, 0.3) is 5.91 Å². The Morgan fingerprint density at radius 1 is 1.19 bits per heavy atom. The van der Waals surface area contributed by atoms with Crippen molar-refractivity contribution in [1.29, 1.82) is 0 Å². The fraction of sp³-hybridized carbons (Fsp3) is 0.300. The fourth-order valence-corrected chi connectivity index (χ4v) is 2.69. The van der Waals surface area contributed by atoms with Gasteiger partial charge in [0.15, 0.2) is 6.61 Å². The van der Waals surface area contributed by atoms with E-state index in [1.165, 1.54) is 11.0 Å². The van der Waals surface area contributed by atoms with Crippen LogP contribution in [-0.2, 0) is 16.1 Å². The Morgan fingerprint density at radius 2 is 1.85 bits per heavy atom. The highest BCUT2D eigenvalue weighted by Crippen LogP contribution is 2.23. The Kier molecular flexibility index (Phi) is 7.61. The number of halogens is 2. The van der Waals surface area contributed by atoms with Crippen LogP contribution < -0.4 is 10.1 Å². The van der Waals surface area contributed by atoms with Gasteiger partial charge in [-0.05, 0) is 32.0 Å².